The molecule has 3 atom stereocenters. The predicted molar refractivity (Wildman–Crippen MR) is 98.0 cm³/mol. The van der Waals surface area contributed by atoms with E-state index in [0.717, 1.165) is 29.2 Å². The Labute approximate surface area is 149 Å². The average molecular weight is 348 g/mol. The van der Waals surface area contributed by atoms with E-state index >= 15 is 0 Å². The molecular weight excluding hydrogens is 318 g/mol. The quantitative estimate of drug-likeness (QED) is 0.864. The molecule has 0 radical (unpaired) electrons. The Kier molecular flexibility index (Phi) is 5.18. The predicted octanol–water partition coefficient (Wildman–Crippen LogP) is 4.28. The van der Waals surface area contributed by atoms with Gasteiger partial charge in [0.2, 0.25) is 5.91 Å². The summed E-state index contributed by atoms with van der Waals surface area (Å²) in [5, 5.41) is 5.94. The number of thiazole rings is 1. The van der Waals surface area contributed by atoms with Crippen LogP contribution in [0.4, 0.5) is 5.13 Å². The Morgan fingerprint density at radius 2 is 2.04 bits per heavy atom. The lowest BCUT2D eigenvalue weighted by Gasteiger charge is -2.20. The molecular formula is C19H29N3OS. The molecule has 4 rings (SSSR count). The summed E-state index contributed by atoms with van der Waals surface area (Å²) in [6.07, 6.45) is 11.4. The highest BCUT2D eigenvalue weighted by Crippen LogP contribution is 2.49. The maximum Gasteiger partial charge on any atom is 0.226 e. The fourth-order valence-electron chi connectivity index (χ4n) is 5.00. The third-order valence-corrected chi connectivity index (χ3v) is 7.02. The van der Waals surface area contributed by atoms with Crippen LogP contribution in [0.2, 0.25) is 0 Å². The average Bonchev–Trinajstić information content (AvgIpc) is 3.23. The van der Waals surface area contributed by atoms with Crippen LogP contribution in [0.1, 0.15) is 63.5 Å². The van der Waals surface area contributed by atoms with Crippen LogP contribution in [0, 0.1) is 17.8 Å². The van der Waals surface area contributed by atoms with Gasteiger partial charge in [0.15, 0.2) is 5.13 Å². The number of nitrogens with zero attached hydrogens (tertiary/aromatic N) is 2. The summed E-state index contributed by atoms with van der Waals surface area (Å²) in [5.41, 5.74) is 1.11. The Hall–Kier alpha value is -0.940. The summed E-state index contributed by atoms with van der Waals surface area (Å²) < 4.78 is 0. The van der Waals surface area contributed by atoms with Crippen molar-refractivity contribution < 1.29 is 4.79 Å². The summed E-state index contributed by atoms with van der Waals surface area (Å²) in [5.74, 6) is 2.52. The normalized spacial score (nSPS) is 30.4. The van der Waals surface area contributed by atoms with Crippen LogP contribution in [0.25, 0.3) is 0 Å². The summed E-state index contributed by atoms with van der Waals surface area (Å²) >= 11 is 1.58. The molecule has 3 fully saturated rings. The number of nitrogens with one attached hydrogen (secondary N) is 1. The smallest absolute Gasteiger partial charge is 0.226 e. The minimum atomic E-state index is 0.170. The van der Waals surface area contributed by atoms with E-state index in [4.69, 9.17) is 0 Å². The van der Waals surface area contributed by atoms with Gasteiger partial charge in [-0.1, -0.05) is 19.3 Å². The van der Waals surface area contributed by atoms with E-state index in [1.807, 2.05) is 0 Å². The van der Waals surface area contributed by atoms with Gasteiger partial charge in [0.1, 0.15) is 0 Å². The number of hydrogen-bond acceptors (Lipinski definition) is 4. The fourth-order valence-corrected chi connectivity index (χ4v) is 5.71. The maximum atomic E-state index is 12.3. The van der Waals surface area contributed by atoms with Crippen LogP contribution >= 0.6 is 11.3 Å². The lowest BCUT2D eigenvalue weighted by atomic mass is 9.86. The van der Waals surface area contributed by atoms with Gasteiger partial charge in [0, 0.05) is 18.3 Å². The highest BCUT2D eigenvalue weighted by atomic mass is 32.1. The van der Waals surface area contributed by atoms with Crippen molar-refractivity contribution in [3.05, 3.63) is 11.1 Å². The molecule has 0 aromatic carbocycles. The van der Waals surface area contributed by atoms with Crippen molar-refractivity contribution in [2.45, 2.75) is 64.3 Å². The maximum absolute atomic E-state index is 12.3. The van der Waals surface area contributed by atoms with Crippen molar-refractivity contribution in [2.24, 2.45) is 17.8 Å². The molecule has 2 aliphatic carbocycles. The molecule has 5 heteroatoms. The first-order valence-electron chi connectivity index (χ1n) is 9.73. The van der Waals surface area contributed by atoms with Crippen molar-refractivity contribution in [3.8, 4) is 0 Å². The number of likely N-dealkylation sites (tertiary alicyclic amines) is 1. The van der Waals surface area contributed by atoms with Crippen LogP contribution < -0.4 is 5.32 Å². The van der Waals surface area contributed by atoms with E-state index in [9.17, 15) is 4.79 Å². The topological polar surface area (TPSA) is 45.2 Å². The SMILES string of the molecule is O=C(CC1CC2CCC1C2)Nc1nc(CN2CCCCCC2)cs1. The first-order valence-corrected chi connectivity index (χ1v) is 10.6. The minimum Gasteiger partial charge on any atom is -0.302 e. The van der Waals surface area contributed by atoms with Gasteiger partial charge < -0.3 is 5.32 Å². The number of rotatable bonds is 5. The molecule has 3 aliphatic rings. The van der Waals surface area contributed by atoms with Crippen molar-refractivity contribution in [2.75, 3.05) is 18.4 Å². The van der Waals surface area contributed by atoms with Gasteiger partial charge in [-0.3, -0.25) is 9.69 Å². The highest BCUT2D eigenvalue weighted by Gasteiger charge is 2.40. The van der Waals surface area contributed by atoms with Gasteiger partial charge in [0.25, 0.3) is 0 Å². The Morgan fingerprint density at radius 1 is 1.21 bits per heavy atom. The second-order valence-electron chi connectivity index (χ2n) is 8.02. The number of amides is 1. The van der Waals surface area contributed by atoms with E-state index < -0.39 is 0 Å². The zero-order valence-electron chi connectivity index (χ0n) is 14.5. The van der Waals surface area contributed by atoms with E-state index in [1.54, 1.807) is 11.3 Å². The summed E-state index contributed by atoms with van der Waals surface area (Å²) in [6, 6.07) is 0. The molecule has 4 nitrogen and oxygen atoms in total. The van der Waals surface area contributed by atoms with Gasteiger partial charge in [-0.05, 0) is 62.9 Å². The molecule has 1 saturated heterocycles. The Balaban J connectivity index is 1.26. The third-order valence-electron chi connectivity index (χ3n) is 6.21. The number of fused-ring (bicyclic) bond motifs is 2. The molecule has 1 aromatic rings. The van der Waals surface area contributed by atoms with E-state index in [0.29, 0.717) is 12.3 Å². The molecule has 1 aliphatic heterocycles. The van der Waals surface area contributed by atoms with Crippen LogP contribution in [0.5, 0.6) is 0 Å². The number of hydrogen-bond donors (Lipinski definition) is 1. The Morgan fingerprint density at radius 3 is 2.75 bits per heavy atom. The second-order valence-corrected chi connectivity index (χ2v) is 8.88. The van der Waals surface area contributed by atoms with Crippen LogP contribution in [-0.2, 0) is 11.3 Å². The molecule has 3 unspecified atom stereocenters. The number of carbonyl (C=O) groups excluding carboxylic acids is 1. The lowest BCUT2D eigenvalue weighted by molar-refractivity contribution is -0.117. The molecule has 2 bridgehead atoms. The van der Waals surface area contributed by atoms with Crippen molar-refractivity contribution in [1.29, 1.82) is 0 Å². The monoisotopic (exact) mass is 347 g/mol. The van der Waals surface area contributed by atoms with Crippen LogP contribution in [-0.4, -0.2) is 28.9 Å². The summed E-state index contributed by atoms with van der Waals surface area (Å²) in [4.78, 5) is 19.5. The lowest BCUT2D eigenvalue weighted by Crippen LogP contribution is -2.24. The van der Waals surface area contributed by atoms with Gasteiger partial charge in [-0.25, -0.2) is 4.98 Å². The van der Waals surface area contributed by atoms with Gasteiger partial charge >= 0.3 is 0 Å². The summed E-state index contributed by atoms with van der Waals surface area (Å²) in [6.45, 7) is 3.30. The third kappa shape index (κ3) is 3.99. The zero-order valence-corrected chi connectivity index (χ0v) is 15.3. The first kappa shape index (κ1) is 16.5. The molecule has 2 saturated carbocycles. The van der Waals surface area contributed by atoms with E-state index in [2.05, 4.69) is 20.6 Å². The first-order chi connectivity index (χ1) is 11.8. The molecule has 1 amide bonds. The van der Waals surface area contributed by atoms with Gasteiger partial charge in [-0.2, -0.15) is 0 Å². The molecule has 1 aromatic heterocycles. The fraction of sp³-hybridized carbons (Fsp3) is 0.789. The zero-order chi connectivity index (χ0) is 16.4. The number of anilines is 1. The summed E-state index contributed by atoms with van der Waals surface area (Å²) in [7, 11) is 0. The van der Waals surface area contributed by atoms with E-state index in [-0.39, 0.29) is 5.91 Å². The molecule has 132 valence electrons. The molecule has 2 heterocycles. The second kappa shape index (κ2) is 7.52. The van der Waals surface area contributed by atoms with E-state index in [1.165, 1.54) is 64.5 Å². The van der Waals surface area contributed by atoms with Gasteiger partial charge in [0.05, 0.1) is 5.69 Å². The largest absolute Gasteiger partial charge is 0.302 e. The molecule has 24 heavy (non-hydrogen) atoms. The molecule has 0 spiro atoms. The van der Waals surface area contributed by atoms with Crippen molar-refractivity contribution in [3.63, 3.8) is 0 Å². The van der Waals surface area contributed by atoms with Crippen molar-refractivity contribution in [1.82, 2.24) is 9.88 Å². The van der Waals surface area contributed by atoms with Crippen LogP contribution in [0.3, 0.4) is 0 Å². The standard InChI is InChI=1S/C19H29N3OS/c23-18(11-16-10-14-5-6-15(16)9-14)21-19-20-17(13-24-19)12-22-7-3-1-2-4-8-22/h13-16H,1-12H2,(H,20,21,23). The highest BCUT2D eigenvalue weighted by molar-refractivity contribution is 7.13. The van der Waals surface area contributed by atoms with Crippen molar-refractivity contribution >= 4 is 22.4 Å². The van der Waals surface area contributed by atoms with Gasteiger partial charge in [-0.15, -0.1) is 11.3 Å². The molecule has 1 N–H and O–H groups in total. The Bertz CT molecular complexity index is 565. The van der Waals surface area contributed by atoms with Crippen LogP contribution in [0.15, 0.2) is 5.38 Å². The number of carbonyl (C=O) groups is 1. The number of aromatic nitrogens is 1. The minimum absolute atomic E-state index is 0.170.